The van der Waals surface area contributed by atoms with E-state index in [2.05, 4.69) is 6.07 Å². The molecule has 0 fully saturated rings. The van der Waals surface area contributed by atoms with Crippen molar-refractivity contribution in [2.45, 2.75) is 0 Å². The Kier molecular flexibility index (Phi) is 2.51. The maximum atomic E-state index is 7.00. The van der Waals surface area contributed by atoms with Gasteiger partial charge in [0.1, 0.15) is 5.75 Å². The van der Waals surface area contributed by atoms with Gasteiger partial charge in [0.05, 0.1) is 7.11 Å². The normalized spacial score (nSPS) is 9.36. The van der Waals surface area contributed by atoms with E-state index in [1.807, 2.05) is 12.1 Å². The van der Waals surface area contributed by atoms with Crippen molar-refractivity contribution >= 4 is 7.69 Å². The zero-order valence-corrected chi connectivity index (χ0v) is 6.11. The molecule has 4 heteroatoms. The highest BCUT2D eigenvalue weighted by molar-refractivity contribution is 6.13. The van der Waals surface area contributed by atoms with Crippen molar-refractivity contribution in [3.63, 3.8) is 0 Å². The Morgan fingerprint density at radius 2 is 1.64 bits per heavy atom. The Labute approximate surface area is 65.6 Å². The van der Waals surface area contributed by atoms with Crippen molar-refractivity contribution in [2.75, 3.05) is 7.11 Å². The number of methoxy groups -OCH3 is 1. The Balaban J connectivity index is 0.000000179. The van der Waals surface area contributed by atoms with Crippen LogP contribution in [0.15, 0.2) is 18.2 Å². The van der Waals surface area contributed by atoms with Gasteiger partial charge >= 0.3 is 7.69 Å². The second-order valence-electron chi connectivity index (χ2n) is 2.07. The summed E-state index contributed by atoms with van der Waals surface area (Å²) in [6, 6.07) is 6.20. The summed E-state index contributed by atoms with van der Waals surface area (Å²) in [5.74, 6) is 0.984. The lowest BCUT2D eigenvalue weighted by atomic mass is 10.5. The van der Waals surface area contributed by atoms with E-state index in [9.17, 15) is 0 Å². The van der Waals surface area contributed by atoms with Gasteiger partial charge in [-0.15, -0.1) is 0 Å². The fraction of sp³-hybridized carbons (Fsp3) is 0.143. The average Bonchev–Trinajstić information content (AvgIpc) is 2.61. The van der Waals surface area contributed by atoms with Gasteiger partial charge in [-0.3, -0.25) is 0 Å². The molecule has 2 rings (SSSR count). The van der Waals surface area contributed by atoms with Crippen LogP contribution < -0.4 is 4.74 Å². The predicted molar refractivity (Wildman–Crippen MR) is 42.2 cm³/mol. The number of fused-ring (bicyclic) bond motifs is 1. The Morgan fingerprint density at radius 3 is 1.91 bits per heavy atom. The zero-order chi connectivity index (χ0) is 8.27. The third-order valence-corrected chi connectivity index (χ3v) is 1.39. The van der Waals surface area contributed by atoms with Crippen molar-refractivity contribution in [1.29, 1.82) is 0 Å². The summed E-state index contributed by atoms with van der Waals surface area (Å²) < 4.78 is 4.96. The molecule has 0 heterocycles. The van der Waals surface area contributed by atoms with Crippen LogP contribution in [0, 0.1) is 0 Å². The molecular formula is C7H8BO3. The lowest BCUT2D eigenvalue weighted by Crippen LogP contribution is -1.75. The smallest absolute Gasteiger partial charge is 0.482 e. The number of benzene rings is 1. The first-order chi connectivity index (χ1) is 5.31. The lowest BCUT2D eigenvalue weighted by molar-refractivity contribution is 0.416. The van der Waals surface area contributed by atoms with Crippen LogP contribution in [0.4, 0.5) is 0 Å². The molecule has 0 atom stereocenters. The largest absolute Gasteiger partial charge is 0.497 e. The van der Waals surface area contributed by atoms with Crippen LogP contribution in [0.5, 0.6) is 5.75 Å². The highest BCUT2D eigenvalue weighted by Gasteiger charge is 2.13. The molecule has 0 aromatic rings. The van der Waals surface area contributed by atoms with E-state index in [0.29, 0.717) is 0 Å². The van der Waals surface area contributed by atoms with Gasteiger partial charge in [0.2, 0.25) is 0 Å². The van der Waals surface area contributed by atoms with Crippen LogP contribution in [-0.2, 0) is 0 Å². The topological polar surface area (TPSA) is 49.7 Å². The molecule has 0 aliphatic heterocycles. The number of ether oxygens (including phenoxy) is 1. The summed E-state index contributed by atoms with van der Waals surface area (Å²) in [5.41, 5.74) is 2.67. The molecule has 0 aromatic carbocycles. The SMILES string of the molecule is COc1cc2cc-2c1.O[B]O. The van der Waals surface area contributed by atoms with Crippen molar-refractivity contribution in [1.82, 2.24) is 0 Å². The van der Waals surface area contributed by atoms with Gasteiger partial charge < -0.3 is 14.8 Å². The first-order valence-corrected chi connectivity index (χ1v) is 3.11. The van der Waals surface area contributed by atoms with E-state index in [-0.39, 0.29) is 7.69 Å². The average molecular weight is 151 g/mol. The zero-order valence-electron chi connectivity index (χ0n) is 6.11. The molecule has 1 radical (unpaired) electrons. The quantitative estimate of drug-likeness (QED) is 0.571. The van der Waals surface area contributed by atoms with Gasteiger partial charge in [-0.2, -0.15) is 0 Å². The summed E-state index contributed by atoms with van der Waals surface area (Å²) in [6.07, 6.45) is 0. The second kappa shape index (κ2) is 3.41. The van der Waals surface area contributed by atoms with Gasteiger partial charge in [-0.05, 0) is 29.3 Å². The number of hydrogen-bond donors (Lipinski definition) is 2. The minimum atomic E-state index is 0. The molecule has 57 valence electrons. The van der Waals surface area contributed by atoms with Gasteiger partial charge in [0.15, 0.2) is 0 Å². The number of rotatable bonds is 1. The van der Waals surface area contributed by atoms with E-state index in [1.165, 1.54) is 11.1 Å². The minimum Gasteiger partial charge on any atom is -0.497 e. The highest BCUT2D eigenvalue weighted by atomic mass is 16.5. The molecule has 0 spiro atoms. The monoisotopic (exact) mass is 151 g/mol. The van der Waals surface area contributed by atoms with E-state index >= 15 is 0 Å². The lowest BCUT2D eigenvalue weighted by Gasteiger charge is -1.88. The van der Waals surface area contributed by atoms with Crippen molar-refractivity contribution in [2.24, 2.45) is 0 Å². The molecule has 2 N–H and O–H groups in total. The van der Waals surface area contributed by atoms with Crippen LogP contribution in [-0.4, -0.2) is 24.8 Å². The van der Waals surface area contributed by atoms with Crippen molar-refractivity contribution in [3.05, 3.63) is 18.2 Å². The molecule has 0 bridgehead atoms. The summed E-state index contributed by atoms with van der Waals surface area (Å²) in [4.78, 5) is 0. The fourth-order valence-electron chi connectivity index (χ4n) is 0.847. The molecule has 0 unspecified atom stereocenters. The highest BCUT2D eigenvalue weighted by Crippen LogP contribution is 2.39. The van der Waals surface area contributed by atoms with Gasteiger partial charge in [-0.25, -0.2) is 0 Å². The van der Waals surface area contributed by atoms with Gasteiger partial charge in [0.25, 0.3) is 0 Å². The molecular weight excluding hydrogens is 143 g/mol. The predicted octanol–water partition coefficient (Wildman–Crippen LogP) is 0.181. The first-order valence-electron chi connectivity index (χ1n) is 3.11. The molecule has 0 amide bonds. The van der Waals surface area contributed by atoms with E-state index < -0.39 is 0 Å². The van der Waals surface area contributed by atoms with E-state index in [0.717, 1.165) is 5.75 Å². The molecule has 2 aliphatic carbocycles. The third kappa shape index (κ3) is 1.96. The summed E-state index contributed by atoms with van der Waals surface area (Å²) in [6.45, 7) is 0. The molecule has 11 heavy (non-hydrogen) atoms. The Hall–Kier alpha value is -0.995. The standard InChI is InChI=1S/C7H6O.BH2O2/c1-8-7-3-5-2-6(5)4-7;2-1-3/h2-4H,1H3;2-3H. The van der Waals surface area contributed by atoms with Gasteiger partial charge in [-0.1, -0.05) is 0 Å². The van der Waals surface area contributed by atoms with Crippen LogP contribution in [0.3, 0.4) is 0 Å². The first kappa shape index (κ1) is 8.10. The molecule has 0 aromatic heterocycles. The van der Waals surface area contributed by atoms with Crippen LogP contribution >= 0.6 is 0 Å². The van der Waals surface area contributed by atoms with Gasteiger partial charge in [0, 0.05) is 0 Å². The molecule has 0 saturated carbocycles. The van der Waals surface area contributed by atoms with E-state index in [1.54, 1.807) is 7.11 Å². The maximum Gasteiger partial charge on any atom is 0.482 e. The van der Waals surface area contributed by atoms with E-state index in [4.69, 9.17) is 14.8 Å². The van der Waals surface area contributed by atoms with Crippen LogP contribution in [0.2, 0.25) is 0 Å². The Morgan fingerprint density at radius 1 is 1.18 bits per heavy atom. The fourth-order valence-corrected chi connectivity index (χ4v) is 0.847. The summed E-state index contributed by atoms with van der Waals surface area (Å²) >= 11 is 0. The second-order valence-corrected chi connectivity index (χ2v) is 2.07. The molecule has 3 nitrogen and oxygen atoms in total. The van der Waals surface area contributed by atoms with Crippen LogP contribution in [0.25, 0.3) is 11.1 Å². The van der Waals surface area contributed by atoms with Crippen molar-refractivity contribution < 1.29 is 14.8 Å². The number of hydrogen-bond acceptors (Lipinski definition) is 3. The summed E-state index contributed by atoms with van der Waals surface area (Å²) in [5, 5.41) is 14.0. The molecule has 2 aliphatic rings. The summed E-state index contributed by atoms with van der Waals surface area (Å²) in [7, 11) is 1.69. The maximum absolute atomic E-state index is 7.00. The Bertz CT molecular complexity index is 229. The van der Waals surface area contributed by atoms with Crippen molar-refractivity contribution in [3.8, 4) is 16.9 Å². The third-order valence-electron chi connectivity index (χ3n) is 1.39. The van der Waals surface area contributed by atoms with Crippen LogP contribution in [0.1, 0.15) is 0 Å². The minimum absolute atomic E-state index is 0. The molecule has 0 saturated heterocycles.